The lowest BCUT2D eigenvalue weighted by Gasteiger charge is -2.28. The quantitative estimate of drug-likeness (QED) is 0.722. The van der Waals surface area contributed by atoms with Crippen molar-refractivity contribution in [3.63, 3.8) is 0 Å². The highest BCUT2D eigenvalue weighted by atomic mass is 16.3. The van der Waals surface area contributed by atoms with Crippen molar-refractivity contribution in [1.82, 2.24) is 4.90 Å². The van der Waals surface area contributed by atoms with E-state index in [9.17, 15) is 9.90 Å². The first kappa shape index (κ1) is 12.2. The van der Waals surface area contributed by atoms with Crippen molar-refractivity contribution in [2.24, 2.45) is 0 Å². The standard InChI is InChI=1S/C12H21NO2/c1-10(2)8-11(14)13(3)9-12(15)6-4-5-7-12/h8,15H,4-7,9H2,1-3H3. The summed E-state index contributed by atoms with van der Waals surface area (Å²) in [5, 5.41) is 10.1. The van der Waals surface area contributed by atoms with Crippen LogP contribution in [0.1, 0.15) is 39.5 Å². The molecule has 0 aliphatic heterocycles. The molecule has 1 aliphatic rings. The Bertz CT molecular complexity index is 261. The average Bonchev–Trinajstić information content (AvgIpc) is 2.50. The molecule has 0 saturated heterocycles. The minimum atomic E-state index is -0.639. The lowest BCUT2D eigenvalue weighted by atomic mass is 10.0. The van der Waals surface area contributed by atoms with E-state index >= 15 is 0 Å². The number of carbonyl (C=O) groups is 1. The van der Waals surface area contributed by atoms with Crippen molar-refractivity contribution in [3.05, 3.63) is 11.6 Å². The highest BCUT2D eigenvalue weighted by Crippen LogP contribution is 2.29. The van der Waals surface area contributed by atoms with E-state index in [0.29, 0.717) is 6.54 Å². The van der Waals surface area contributed by atoms with Crippen LogP contribution in [0.5, 0.6) is 0 Å². The van der Waals surface area contributed by atoms with Gasteiger partial charge in [0.15, 0.2) is 0 Å². The van der Waals surface area contributed by atoms with Crippen LogP contribution in [0.15, 0.2) is 11.6 Å². The summed E-state index contributed by atoms with van der Waals surface area (Å²) in [5.74, 6) is -0.0182. The van der Waals surface area contributed by atoms with Crippen LogP contribution in [0.2, 0.25) is 0 Å². The zero-order valence-corrected chi connectivity index (χ0v) is 9.92. The predicted octanol–water partition coefficient (Wildman–Crippen LogP) is 1.72. The van der Waals surface area contributed by atoms with Crippen LogP contribution in [0.3, 0.4) is 0 Å². The minimum Gasteiger partial charge on any atom is -0.388 e. The summed E-state index contributed by atoms with van der Waals surface area (Å²) in [4.78, 5) is 13.2. The number of hydrogen-bond donors (Lipinski definition) is 1. The Labute approximate surface area is 91.8 Å². The van der Waals surface area contributed by atoms with Crippen LogP contribution >= 0.6 is 0 Å². The smallest absolute Gasteiger partial charge is 0.246 e. The Kier molecular flexibility index (Phi) is 3.91. The molecule has 0 aromatic rings. The number of amides is 1. The van der Waals surface area contributed by atoms with Gasteiger partial charge in [0, 0.05) is 19.7 Å². The topological polar surface area (TPSA) is 40.5 Å². The molecular formula is C12H21NO2. The van der Waals surface area contributed by atoms with Crippen LogP contribution in [0, 0.1) is 0 Å². The van der Waals surface area contributed by atoms with E-state index in [4.69, 9.17) is 0 Å². The molecule has 0 heterocycles. The predicted molar refractivity (Wildman–Crippen MR) is 60.5 cm³/mol. The molecule has 0 radical (unpaired) electrons. The van der Waals surface area contributed by atoms with Gasteiger partial charge in [0.05, 0.1) is 5.60 Å². The Hall–Kier alpha value is -0.830. The Morgan fingerprint density at radius 3 is 2.40 bits per heavy atom. The third-order valence-corrected chi connectivity index (χ3v) is 2.85. The Balaban J connectivity index is 2.51. The molecule has 0 aromatic heterocycles. The van der Waals surface area contributed by atoms with Crippen LogP contribution in [0.4, 0.5) is 0 Å². The molecule has 0 atom stereocenters. The van der Waals surface area contributed by atoms with Gasteiger partial charge in [-0.3, -0.25) is 4.79 Å². The van der Waals surface area contributed by atoms with Crippen LogP contribution in [0.25, 0.3) is 0 Å². The number of allylic oxidation sites excluding steroid dienone is 1. The van der Waals surface area contributed by atoms with E-state index < -0.39 is 5.60 Å². The summed E-state index contributed by atoms with van der Waals surface area (Å²) in [6.45, 7) is 4.25. The van der Waals surface area contributed by atoms with Gasteiger partial charge in [-0.15, -0.1) is 0 Å². The van der Waals surface area contributed by atoms with Gasteiger partial charge >= 0.3 is 0 Å². The number of nitrogens with zero attached hydrogens (tertiary/aromatic N) is 1. The SMILES string of the molecule is CC(C)=CC(=O)N(C)CC1(O)CCCC1. The van der Waals surface area contributed by atoms with Crippen LogP contribution in [-0.2, 0) is 4.79 Å². The van der Waals surface area contributed by atoms with Crippen molar-refractivity contribution in [2.75, 3.05) is 13.6 Å². The molecule has 0 aromatic carbocycles. The molecule has 1 rings (SSSR count). The van der Waals surface area contributed by atoms with E-state index in [2.05, 4.69) is 0 Å². The maximum atomic E-state index is 11.6. The first-order valence-electron chi connectivity index (χ1n) is 5.55. The highest BCUT2D eigenvalue weighted by molar-refractivity contribution is 5.88. The molecule has 1 N–H and O–H groups in total. The molecule has 0 bridgehead atoms. The molecular weight excluding hydrogens is 190 g/mol. The number of aliphatic hydroxyl groups is 1. The lowest BCUT2D eigenvalue weighted by Crippen LogP contribution is -2.41. The van der Waals surface area contributed by atoms with Gasteiger partial charge in [-0.1, -0.05) is 18.4 Å². The van der Waals surface area contributed by atoms with Crippen molar-refractivity contribution in [1.29, 1.82) is 0 Å². The summed E-state index contributed by atoms with van der Waals surface area (Å²) >= 11 is 0. The van der Waals surface area contributed by atoms with Gasteiger partial charge in [-0.2, -0.15) is 0 Å². The fourth-order valence-electron chi connectivity index (χ4n) is 2.07. The first-order valence-corrected chi connectivity index (χ1v) is 5.55. The molecule has 0 unspecified atom stereocenters. The number of likely N-dealkylation sites (N-methyl/N-ethyl adjacent to an activating group) is 1. The van der Waals surface area contributed by atoms with Crippen molar-refractivity contribution in [3.8, 4) is 0 Å². The van der Waals surface area contributed by atoms with Gasteiger partial charge in [0.2, 0.25) is 5.91 Å². The maximum Gasteiger partial charge on any atom is 0.246 e. The van der Waals surface area contributed by atoms with Crippen LogP contribution in [-0.4, -0.2) is 35.1 Å². The number of carbonyl (C=O) groups excluding carboxylic acids is 1. The summed E-state index contributed by atoms with van der Waals surface area (Å²) in [7, 11) is 1.75. The Morgan fingerprint density at radius 1 is 1.40 bits per heavy atom. The van der Waals surface area contributed by atoms with Crippen molar-refractivity contribution in [2.45, 2.75) is 45.1 Å². The molecule has 1 fully saturated rings. The zero-order valence-electron chi connectivity index (χ0n) is 9.92. The summed E-state index contributed by atoms with van der Waals surface area (Å²) in [6.07, 6.45) is 5.39. The molecule has 1 aliphatic carbocycles. The first-order chi connectivity index (χ1) is 6.93. The Morgan fingerprint density at radius 2 is 1.93 bits per heavy atom. The van der Waals surface area contributed by atoms with Gasteiger partial charge in [-0.05, 0) is 26.7 Å². The minimum absolute atomic E-state index is 0.0182. The normalized spacial score (nSPS) is 18.7. The van der Waals surface area contributed by atoms with E-state index in [0.717, 1.165) is 31.3 Å². The monoisotopic (exact) mass is 211 g/mol. The summed E-state index contributed by atoms with van der Waals surface area (Å²) in [6, 6.07) is 0. The third-order valence-electron chi connectivity index (χ3n) is 2.85. The molecule has 1 saturated carbocycles. The van der Waals surface area contributed by atoms with E-state index in [1.807, 2.05) is 13.8 Å². The largest absolute Gasteiger partial charge is 0.388 e. The van der Waals surface area contributed by atoms with Gasteiger partial charge in [-0.25, -0.2) is 0 Å². The molecule has 3 heteroatoms. The third kappa shape index (κ3) is 3.67. The number of hydrogen-bond acceptors (Lipinski definition) is 2. The van der Waals surface area contributed by atoms with E-state index in [1.165, 1.54) is 0 Å². The second-order valence-electron chi connectivity index (χ2n) is 4.85. The molecule has 15 heavy (non-hydrogen) atoms. The second kappa shape index (κ2) is 4.79. The summed E-state index contributed by atoms with van der Waals surface area (Å²) < 4.78 is 0. The highest BCUT2D eigenvalue weighted by Gasteiger charge is 2.32. The fourth-order valence-corrected chi connectivity index (χ4v) is 2.07. The summed E-state index contributed by atoms with van der Waals surface area (Å²) in [5.41, 5.74) is 0.352. The second-order valence-corrected chi connectivity index (χ2v) is 4.85. The van der Waals surface area contributed by atoms with E-state index in [-0.39, 0.29) is 5.91 Å². The molecule has 86 valence electrons. The average molecular weight is 211 g/mol. The molecule has 3 nitrogen and oxygen atoms in total. The lowest BCUT2D eigenvalue weighted by molar-refractivity contribution is -0.128. The van der Waals surface area contributed by atoms with Crippen LogP contribution < -0.4 is 0 Å². The van der Waals surface area contributed by atoms with Gasteiger partial charge in [0.1, 0.15) is 0 Å². The fraction of sp³-hybridized carbons (Fsp3) is 0.750. The van der Waals surface area contributed by atoms with Crippen molar-refractivity contribution >= 4 is 5.91 Å². The number of rotatable bonds is 3. The maximum absolute atomic E-state index is 11.6. The van der Waals surface area contributed by atoms with Gasteiger partial charge < -0.3 is 10.0 Å². The van der Waals surface area contributed by atoms with E-state index in [1.54, 1.807) is 18.0 Å². The molecule has 1 amide bonds. The van der Waals surface area contributed by atoms with Crippen molar-refractivity contribution < 1.29 is 9.90 Å². The zero-order chi connectivity index (χ0) is 11.5. The van der Waals surface area contributed by atoms with Gasteiger partial charge in [0.25, 0.3) is 0 Å². The molecule has 0 spiro atoms.